The lowest BCUT2D eigenvalue weighted by molar-refractivity contribution is -0.0407. The van der Waals surface area contributed by atoms with Crippen LogP contribution in [0, 0.1) is 0 Å². The van der Waals surface area contributed by atoms with E-state index in [0.717, 1.165) is 0 Å². The fraction of sp³-hybridized carbons (Fsp3) is 1.00. The zero-order chi connectivity index (χ0) is 25.0. The lowest BCUT2D eigenvalue weighted by Crippen LogP contribution is -2.50. The van der Waals surface area contributed by atoms with Crippen LogP contribution >= 0.6 is 15.4 Å². The van der Waals surface area contributed by atoms with Gasteiger partial charge in [-0.25, -0.2) is 4.57 Å². The molecule has 0 bridgehead atoms. The summed E-state index contributed by atoms with van der Waals surface area (Å²) < 4.78 is 64.8. The average molecular weight is 524 g/mol. The molecule has 0 amide bonds. The maximum atomic E-state index is 13.2. The second-order valence-corrected chi connectivity index (χ2v) is 18.3. The first kappa shape index (κ1) is 28.0. The third-order valence-electron chi connectivity index (χ3n) is 6.40. The van der Waals surface area contributed by atoms with Crippen LogP contribution in [0.4, 0.5) is 0 Å². The maximum absolute atomic E-state index is 13.2. The lowest BCUT2D eigenvalue weighted by Gasteiger charge is -2.40. The van der Waals surface area contributed by atoms with E-state index in [2.05, 4.69) is 0 Å². The number of hydrogen-bond acceptors (Lipinski definition) is 10. The molecule has 4 unspecified atom stereocenters. The zero-order valence-corrected chi connectivity index (χ0v) is 22.4. The van der Waals surface area contributed by atoms with Gasteiger partial charge in [-0.1, -0.05) is 20.8 Å². The van der Waals surface area contributed by atoms with Crippen LogP contribution in [0.3, 0.4) is 0 Å². The van der Waals surface area contributed by atoms with Crippen LogP contribution in [0.25, 0.3) is 0 Å². The summed E-state index contributed by atoms with van der Waals surface area (Å²) >= 11 is 0. The molecule has 0 spiro atoms. The van der Waals surface area contributed by atoms with Gasteiger partial charge in [-0.15, -0.1) is 0 Å². The molecule has 186 valence electrons. The summed E-state index contributed by atoms with van der Waals surface area (Å²) in [4.78, 5) is 10.2. The highest BCUT2D eigenvalue weighted by molar-refractivity contribution is 7.53. The summed E-state index contributed by atoms with van der Waals surface area (Å²) in [5.41, 5.74) is 0. The quantitative estimate of drug-likeness (QED) is 0.399. The highest BCUT2D eigenvalue weighted by Gasteiger charge is 2.53. The molecule has 2 N–H and O–H groups in total. The Morgan fingerprint density at radius 3 is 2.12 bits per heavy atom. The number of aliphatic hydroxyl groups is 1. The Labute approximate surface area is 198 Å². The van der Waals surface area contributed by atoms with Crippen molar-refractivity contribution in [1.29, 1.82) is 0 Å². The number of aliphatic hydroxyl groups excluding tert-OH is 1. The minimum atomic E-state index is -4.69. The van der Waals surface area contributed by atoms with E-state index < -0.39 is 79.0 Å². The van der Waals surface area contributed by atoms with Crippen LogP contribution in [0.2, 0.25) is 18.1 Å². The number of phosphoric ester groups is 1. The molecule has 11 nitrogen and oxygen atoms in total. The van der Waals surface area contributed by atoms with Gasteiger partial charge in [0.25, 0.3) is 0 Å². The van der Waals surface area contributed by atoms with Crippen molar-refractivity contribution in [3.63, 3.8) is 0 Å². The van der Waals surface area contributed by atoms with Gasteiger partial charge in [0.15, 0.2) is 8.32 Å². The van der Waals surface area contributed by atoms with E-state index in [4.69, 9.17) is 47.7 Å². The highest BCUT2D eigenvalue weighted by atomic mass is 31.2. The van der Waals surface area contributed by atoms with E-state index >= 15 is 0 Å². The minimum absolute atomic E-state index is 0.165. The molecule has 0 aromatic heterocycles. The number of ether oxygens (including phenoxy) is 2. The first-order chi connectivity index (χ1) is 14.9. The molecule has 0 saturated carbocycles. The molecule has 16 heteroatoms. The third kappa shape index (κ3) is 6.42. The van der Waals surface area contributed by atoms with Crippen LogP contribution < -0.4 is 0 Å². The maximum Gasteiger partial charge on any atom is 0.472 e. The Morgan fingerprint density at radius 2 is 1.52 bits per heavy atom. The summed E-state index contributed by atoms with van der Waals surface area (Å²) in [6.07, 6.45) is -6.73. The van der Waals surface area contributed by atoms with Crippen molar-refractivity contribution in [1.82, 2.24) is 0 Å². The van der Waals surface area contributed by atoms with Gasteiger partial charge < -0.3 is 28.4 Å². The molecule has 33 heavy (non-hydrogen) atoms. The second-order valence-electron chi connectivity index (χ2n) is 10.1. The second kappa shape index (κ2) is 9.72. The summed E-state index contributed by atoms with van der Waals surface area (Å²) in [5.74, 6) is 0. The Balaban J connectivity index is 1.88. The summed E-state index contributed by atoms with van der Waals surface area (Å²) in [6, 6.07) is -2.17. The highest BCUT2D eigenvalue weighted by Crippen LogP contribution is 2.53. The van der Waals surface area contributed by atoms with Crippen molar-refractivity contribution in [2.45, 2.75) is 87.5 Å². The molecule has 10 atom stereocenters. The predicted octanol–water partition coefficient (Wildman–Crippen LogP) is 1.26. The van der Waals surface area contributed by atoms with Crippen LogP contribution in [-0.4, -0.2) is 103 Å². The van der Waals surface area contributed by atoms with E-state index in [9.17, 15) is 19.1 Å². The zero-order valence-electron chi connectivity index (χ0n) is 19.7. The van der Waals surface area contributed by atoms with Crippen LogP contribution in [-0.2, 0) is 41.1 Å². The Hall–Kier alpha value is 0.447. The van der Waals surface area contributed by atoms with Crippen molar-refractivity contribution >= 4 is 39.4 Å². The molecule has 3 fully saturated rings. The van der Waals surface area contributed by atoms with Crippen molar-refractivity contribution in [3.8, 4) is 0 Å². The van der Waals surface area contributed by atoms with Gasteiger partial charge >= 0.3 is 15.4 Å². The molecular weight excluding hydrogens is 492 g/mol. The molecule has 3 rings (SSSR count). The molecule has 3 aliphatic rings. The fourth-order valence-electron chi connectivity index (χ4n) is 3.51. The van der Waals surface area contributed by atoms with Crippen LogP contribution in [0.5, 0.6) is 0 Å². The molecule has 3 aliphatic heterocycles. The van der Waals surface area contributed by atoms with Gasteiger partial charge in [0, 0.05) is 18.7 Å². The normalized spacial score (nSPS) is 47.9. The van der Waals surface area contributed by atoms with Gasteiger partial charge in [0.05, 0.1) is 19.3 Å². The Morgan fingerprint density at radius 1 is 0.970 bits per heavy atom. The van der Waals surface area contributed by atoms with Crippen LogP contribution in [0.15, 0.2) is 0 Å². The molecule has 0 aliphatic carbocycles. The molecule has 4 radical (unpaired) electrons. The lowest BCUT2D eigenvalue weighted by atomic mass is 9.93. The number of fused-ring (bicyclic) bond motifs is 2. The Bertz CT molecular complexity index is 812. The summed E-state index contributed by atoms with van der Waals surface area (Å²) in [5, 5.41) is 10.0. The average Bonchev–Trinajstić information content (AvgIpc) is 3.07. The van der Waals surface area contributed by atoms with Crippen molar-refractivity contribution in [2.24, 2.45) is 0 Å². The third-order valence-corrected chi connectivity index (χ3v) is 13.1. The first-order valence-corrected chi connectivity index (χ1v) is 17.1. The monoisotopic (exact) mass is 524 g/mol. The van der Waals surface area contributed by atoms with E-state index in [0.29, 0.717) is 0 Å². The summed E-state index contributed by atoms with van der Waals surface area (Å²) in [7, 11) is 1.04. The van der Waals surface area contributed by atoms with E-state index in [-0.39, 0.29) is 11.6 Å². The number of hydrogen-bond donors (Lipinski definition) is 2. The smallest absolute Gasteiger partial charge is 0.409 e. The van der Waals surface area contributed by atoms with Crippen LogP contribution in [0.1, 0.15) is 20.8 Å². The van der Waals surface area contributed by atoms with Crippen molar-refractivity contribution in [2.75, 3.05) is 19.9 Å². The molecule has 3 saturated heterocycles. The van der Waals surface area contributed by atoms with E-state index in [1.807, 2.05) is 33.9 Å². The van der Waals surface area contributed by atoms with Gasteiger partial charge in [-0.2, -0.15) is 0 Å². The van der Waals surface area contributed by atoms with E-state index in [1.165, 1.54) is 6.66 Å². The fourth-order valence-corrected chi connectivity index (χ4v) is 6.95. The van der Waals surface area contributed by atoms with Gasteiger partial charge in [-0.3, -0.25) is 18.1 Å². The van der Waals surface area contributed by atoms with Gasteiger partial charge in [0.1, 0.15) is 46.2 Å². The topological polar surface area (TPSA) is 139 Å². The number of rotatable bonds is 2. The minimum Gasteiger partial charge on any atom is -0.409 e. The Kier molecular flexibility index (Phi) is 8.26. The van der Waals surface area contributed by atoms with Gasteiger partial charge in [-0.05, 0) is 18.1 Å². The predicted molar refractivity (Wildman–Crippen MR) is 122 cm³/mol. The standard InChI is InChI=1S/C17H32B2O11P2Si/c1-17(2,3)33(5,6)30-14-13-10(27-16(14)19)8-25-32(22,23)29-12-9(26-15(18)11(12)20)7-24-31(4,21)28-13/h9-16,20H,7-8H2,1-6H3,(H,22,23)/t9-,10-,11+,12?,13?,14+,15-,16-,31?/m1/s1. The summed E-state index contributed by atoms with van der Waals surface area (Å²) in [6.45, 7) is 10.6. The van der Waals surface area contributed by atoms with Crippen molar-refractivity contribution in [3.05, 3.63) is 0 Å². The first-order valence-electron chi connectivity index (χ1n) is 10.7. The molecule has 0 aromatic rings. The van der Waals surface area contributed by atoms with Gasteiger partial charge in [0.2, 0.25) is 0 Å². The molecule has 0 aromatic carbocycles. The van der Waals surface area contributed by atoms with Crippen molar-refractivity contribution < 1.29 is 51.1 Å². The van der Waals surface area contributed by atoms with E-state index in [1.54, 1.807) is 0 Å². The SMILES string of the molecule is [B][C@@H]1O[C@@H]2COP(C)(=O)OC3[C@@H](COP(=O)(O)OC2[C@@H]1O)O[C@@H]([B])[C@H]3O[Si](C)(C)C(C)(C)C. The largest absolute Gasteiger partial charge is 0.472 e. The molecular formula is C17H32B2O11P2Si. The number of phosphoric acid groups is 1. The molecule has 3 heterocycles.